The first-order valence-electron chi connectivity index (χ1n) is 22.0. The summed E-state index contributed by atoms with van der Waals surface area (Å²) < 4.78 is 112. The van der Waals surface area contributed by atoms with Crippen LogP contribution >= 0.6 is 23.2 Å². The van der Waals surface area contributed by atoms with Gasteiger partial charge < -0.3 is 48.9 Å². The summed E-state index contributed by atoms with van der Waals surface area (Å²) >= 11 is 12.2. The topological polar surface area (TPSA) is 335 Å². The number of aliphatic carboxylic acids is 2. The van der Waals surface area contributed by atoms with Gasteiger partial charge in [0.25, 0.3) is 0 Å². The molecule has 0 bridgehead atoms. The maximum absolute atomic E-state index is 13.6. The Bertz CT molecular complexity index is 2310. The van der Waals surface area contributed by atoms with E-state index < -0.39 is 91.8 Å². The number of carboxylic acid groups (broad SMARTS) is 2. The monoisotopic (exact) mass is 1170 g/mol. The number of benzene rings is 2. The van der Waals surface area contributed by atoms with E-state index in [1.807, 2.05) is 0 Å². The van der Waals surface area contributed by atoms with Crippen molar-refractivity contribution in [1.82, 2.24) is 0 Å². The maximum atomic E-state index is 13.6. The Morgan fingerprint density at radius 3 is 1.35 bits per heavy atom. The SMILES string of the molecule is CCOC(=O)C1=CCCCC1S(=O)(=O)N(COC(=O)OCCCC(=O)O)c1ccc(F)cc1Cl.CCOC(=O)C1=CCCCC1S(=O)(=O)N(COC(=O)OCCCC(=O)[O-])c1ccc(F)cc1Cl.CCOO.[Na+].[Na+].[OH-]. The zero-order chi connectivity index (χ0) is 54.0. The molecule has 2 aromatic rings. The number of hydrogen-bond acceptors (Lipinski definition) is 20. The maximum Gasteiger partial charge on any atom is 1.00 e. The van der Waals surface area contributed by atoms with E-state index in [0.717, 1.165) is 36.4 Å². The van der Waals surface area contributed by atoms with Crippen LogP contribution in [0.15, 0.2) is 59.7 Å². The Morgan fingerprint density at radius 2 is 1.03 bits per heavy atom. The molecule has 0 radical (unpaired) electrons. The number of carboxylic acids is 2. The van der Waals surface area contributed by atoms with Gasteiger partial charge in [-0.2, -0.15) is 0 Å². The molecule has 0 amide bonds. The minimum absolute atomic E-state index is 0. The van der Waals surface area contributed by atoms with Crippen LogP contribution in [0.2, 0.25) is 10.0 Å². The van der Waals surface area contributed by atoms with Crippen molar-refractivity contribution in [2.45, 2.75) is 95.5 Å². The average Bonchev–Trinajstić information content (AvgIpc) is 3.33. The summed E-state index contributed by atoms with van der Waals surface area (Å²) in [6, 6.07) is 5.95. The molecule has 2 unspecified atom stereocenters. The molecule has 0 saturated carbocycles. The van der Waals surface area contributed by atoms with Crippen LogP contribution in [0.25, 0.3) is 0 Å². The molecular formula is C44H56Cl2F2N2Na2O21S2. The van der Waals surface area contributed by atoms with E-state index in [0.29, 0.717) is 40.9 Å². The van der Waals surface area contributed by atoms with E-state index in [4.69, 9.17) is 62.0 Å². The van der Waals surface area contributed by atoms with Gasteiger partial charge in [-0.05, 0) is 115 Å². The fourth-order valence-electron chi connectivity index (χ4n) is 6.46. The molecule has 0 aromatic heterocycles. The molecule has 0 fully saturated rings. The fourth-order valence-corrected chi connectivity index (χ4v) is 10.9. The number of hydrogen-bond donors (Lipinski definition) is 2. The van der Waals surface area contributed by atoms with Crippen LogP contribution in [0.3, 0.4) is 0 Å². The van der Waals surface area contributed by atoms with Gasteiger partial charge in [0, 0.05) is 12.4 Å². The van der Waals surface area contributed by atoms with Gasteiger partial charge in [0.1, 0.15) is 22.1 Å². The minimum atomic E-state index is -4.42. The van der Waals surface area contributed by atoms with E-state index in [2.05, 4.69) is 4.89 Å². The second-order valence-corrected chi connectivity index (χ2v) is 19.6. The van der Waals surface area contributed by atoms with Gasteiger partial charge in [0.2, 0.25) is 20.0 Å². The number of ether oxygens (including phenoxy) is 6. The van der Waals surface area contributed by atoms with E-state index in [1.54, 1.807) is 20.8 Å². The minimum Gasteiger partial charge on any atom is -0.870 e. The predicted octanol–water partition coefficient (Wildman–Crippen LogP) is 0.258. The van der Waals surface area contributed by atoms with Gasteiger partial charge in [-0.25, -0.2) is 58.3 Å². The third-order valence-electron chi connectivity index (χ3n) is 9.70. The van der Waals surface area contributed by atoms with Gasteiger partial charge >= 0.3 is 89.3 Å². The van der Waals surface area contributed by atoms with Gasteiger partial charge in [-0.1, -0.05) is 35.4 Å². The smallest absolute Gasteiger partial charge is 0.870 e. The van der Waals surface area contributed by atoms with Crippen molar-refractivity contribution >= 4 is 90.8 Å². The first-order chi connectivity index (χ1) is 34.1. The van der Waals surface area contributed by atoms with Crippen LogP contribution in [0.1, 0.15) is 85.0 Å². The van der Waals surface area contributed by atoms with Crippen molar-refractivity contribution in [1.29, 1.82) is 0 Å². The number of esters is 2. The van der Waals surface area contributed by atoms with E-state index >= 15 is 0 Å². The standard InChI is InChI=1S/2C21H25ClFNO9S.C2H6O2.2Na.H2O/c2*1-2-31-20(27)15-6-3-4-7-18(15)34(29,30)24(17-10-9-14(23)12-16(17)22)13-33-21(28)32-11-5-8-19(25)26;1-2-4-3;;;/h2*6,9-10,12,18H,2-5,7-8,11,13H2,1H3,(H,25,26);3H,2H2,1H3;;;1H2/q;;;2*+1;/p-2. The third kappa shape index (κ3) is 24.6. The molecule has 75 heavy (non-hydrogen) atoms. The second-order valence-electron chi connectivity index (χ2n) is 14.7. The Hall–Kier alpha value is -3.84. The van der Waals surface area contributed by atoms with Crippen LogP contribution < -0.4 is 72.8 Å². The summed E-state index contributed by atoms with van der Waals surface area (Å²) in [5.74, 6) is -5.39. The van der Waals surface area contributed by atoms with Gasteiger partial charge in [-0.15, -0.1) is 0 Å². The number of allylic oxidation sites excluding steroid dienone is 2. The molecule has 2 aliphatic carbocycles. The van der Waals surface area contributed by atoms with Crippen molar-refractivity contribution in [2.75, 3.05) is 55.1 Å². The summed E-state index contributed by atoms with van der Waals surface area (Å²) in [4.78, 5) is 73.1. The van der Waals surface area contributed by atoms with Gasteiger partial charge in [0.05, 0.1) is 65.6 Å². The molecule has 2 atom stereocenters. The zero-order valence-corrected chi connectivity index (χ0v) is 48.9. The number of rotatable bonds is 23. The molecule has 2 aromatic carbocycles. The van der Waals surface area contributed by atoms with Crippen LogP contribution in [-0.2, 0) is 72.5 Å². The van der Waals surface area contributed by atoms with Crippen molar-refractivity contribution in [3.05, 3.63) is 81.4 Å². The van der Waals surface area contributed by atoms with Crippen molar-refractivity contribution < 1.29 is 168 Å². The molecule has 23 nitrogen and oxygen atoms in total. The summed E-state index contributed by atoms with van der Waals surface area (Å²) in [6.07, 6.45) is 2.00. The van der Waals surface area contributed by atoms with Crippen LogP contribution in [-0.4, -0.2) is 126 Å². The zero-order valence-electron chi connectivity index (χ0n) is 41.7. The Kier molecular flexibility index (Phi) is 37.0. The number of carbonyl (C=O) groups excluding carboxylic acids is 5. The Labute approximate surface area is 486 Å². The normalized spacial score (nSPS) is 14.7. The molecule has 0 heterocycles. The second kappa shape index (κ2) is 37.9. The molecule has 410 valence electrons. The molecule has 31 heteroatoms. The van der Waals surface area contributed by atoms with Crippen LogP contribution in [0.4, 0.5) is 29.7 Å². The largest absolute Gasteiger partial charge is 1.00 e. The number of anilines is 2. The molecule has 0 saturated heterocycles. The first kappa shape index (κ1) is 73.2. The van der Waals surface area contributed by atoms with Gasteiger partial charge in [-0.3, -0.25) is 10.1 Å². The van der Waals surface area contributed by atoms with E-state index in [9.17, 15) is 59.5 Å². The fraction of sp³-hybridized carbons (Fsp3) is 0.500. The molecule has 2 aliphatic rings. The summed E-state index contributed by atoms with van der Waals surface area (Å²) in [5.41, 5.74) is -0.453. The average molecular weight is 1170 g/mol. The summed E-state index contributed by atoms with van der Waals surface area (Å²) in [5, 5.41) is 23.2. The van der Waals surface area contributed by atoms with Gasteiger partial charge in [0.15, 0.2) is 13.5 Å². The van der Waals surface area contributed by atoms with Crippen molar-refractivity contribution in [3.8, 4) is 0 Å². The molecule has 3 N–H and O–H groups in total. The third-order valence-corrected chi connectivity index (χ3v) is 14.6. The molecule has 0 spiro atoms. The van der Waals surface area contributed by atoms with Crippen molar-refractivity contribution in [3.63, 3.8) is 0 Å². The Balaban J connectivity index is 0. The van der Waals surface area contributed by atoms with Crippen LogP contribution in [0, 0.1) is 11.6 Å². The number of sulfonamides is 2. The predicted molar refractivity (Wildman–Crippen MR) is 252 cm³/mol. The van der Waals surface area contributed by atoms with E-state index in [1.165, 1.54) is 12.2 Å². The molecule has 4 rings (SSSR count). The summed E-state index contributed by atoms with van der Waals surface area (Å²) in [7, 11) is -8.83. The summed E-state index contributed by atoms with van der Waals surface area (Å²) in [6.45, 7) is 3.03. The number of carbonyl (C=O) groups is 6. The van der Waals surface area contributed by atoms with Crippen LogP contribution in [0.5, 0.6) is 0 Å². The van der Waals surface area contributed by atoms with E-state index in [-0.39, 0.29) is 162 Å². The first-order valence-corrected chi connectivity index (χ1v) is 25.8. The molecule has 0 aliphatic heterocycles. The number of nitrogens with zero attached hydrogens (tertiary/aromatic N) is 2. The van der Waals surface area contributed by atoms with Crippen molar-refractivity contribution in [2.24, 2.45) is 0 Å². The number of halogens is 4. The molecular weight excluding hydrogens is 1110 g/mol. The Morgan fingerprint density at radius 1 is 0.653 bits per heavy atom. The quantitative estimate of drug-likeness (QED) is 0.0287.